The first kappa shape index (κ1) is 14.2. The highest BCUT2D eigenvalue weighted by Crippen LogP contribution is 2.30. The zero-order chi connectivity index (χ0) is 14.0. The molecule has 1 heterocycles. The minimum absolute atomic E-state index is 0.259. The summed E-state index contributed by atoms with van der Waals surface area (Å²) in [6.45, 7) is 11.6. The maximum absolute atomic E-state index is 4.56. The molecule has 0 amide bonds. The Morgan fingerprint density at radius 1 is 1.11 bits per heavy atom. The van der Waals surface area contributed by atoms with Gasteiger partial charge in [-0.25, -0.2) is 4.98 Å². The third-order valence-electron chi connectivity index (χ3n) is 3.19. The van der Waals surface area contributed by atoms with Crippen LogP contribution in [0.3, 0.4) is 0 Å². The van der Waals surface area contributed by atoms with Gasteiger partial charge in [0.2, 0.25) is 0 Å². The summed E-state index contributed by atoms with van der Waals surface area (Å²) >= 11 is 1.80. The lowest BCUT2D eigenvalue weighted by Gasteiger charge is -2.19. The Morgan fingerprint density at radius 3 is 2.21 bits per heavy atom. The van der Waals surface area contributed by atoms with E-state index < -0.39 is 0 Å². The van der Waals surface area contributed by atoms with E-state index in [9.17, 15) is 0 Å². The summed E-state index contributed by atoms with van der Waals surface area (Å²) in [5.74, 6) is 0. The fraction of sp³-hybridized carbons (Fsp3) is 0.438. The van der Waals surface area contributed by atoms with Crippen molar-refractivity contribution in [3.63, 3.8) is 0 Å². The monoisotopic (exact) mass is 274 g/mol. The van der Waals surface area contributed by atoms with Crippen LogP contribution in [0.25, 0.3) is 0 Å². The second-order valence-electron chi connectivity index (χ2n) is 5.09. The Hall–Kier alpha value is -1.19. The molecule has 1 unspecified atom stereocenters. The van der Waals surface area contributed by atoms with Crippen molar-refractivity contribution in [1.82, 2.24) is 10.3 Å². The quantitative estimate of drug-likeness (QED) is 0.909. The molecule has 102 valence electrons. The summed E-state index contributed by atoms with van der Waals surface area (Å²) in [4.78, 5) is 5.90. The van der Waals surface area contributed by atoms with Crippen LogP contribution in [0.4, 0.5) is 0 Å². The van der Waals surface area contributed by atoms with Crippen molar-refractivity contribution in [3.8, 4) is 0 Å². The predicted octanol–water partition coefficient (Wildman–Crippen LogP) is 4.08. The molecule has 3 heteroatoms. The summed E-state index contributed by atoms with van der Waals surface area (Å²) in [5.41, 5.74) is 5.12. The zero-order valence-corrected chi connectivity index (χ0v) is 13.2. The molecule has 1 atom stereocenters. The number of aromatic nitrogens is 1. The summed E-state index contributed by atoms with van der Waals surface area (Å²) in [5, 5.41) is 4.73. The molecule has 0 bridgehead atoms. The first-order chi connectivity index (χ1) is 9.01. The summed E-state index contributed by atoms with van der Waals surface area (Å²) in [6.07, 6.45) is 0. The highest BCUT2D eigenvalue weighted by atomic mass is 32.1. The van der Waals surface area contributed by atoms with Crippen molar-refractivity contribution < 1.29 is 0 Å². The van der Waals surface area contributed by atoms with Crippen molar-refractivity contribution in [2.75, 3.05) is 6.54 Å². The molecule has 0 fully saturated rings. The molecule has 0 saturated heterocycles. The molecule has 0 saturated carbocycles. The third-order valence-corrected chi connectivity index (χ3v) is 4.32. The molecule has 0 radical (unpaired) electrons. The lowest BCUT2D eigenvalue weighted by molar-refractivity contribution is 0.635. The number of hydrogen-bond donors (Lipinski definition) is 1. The van der Waals surface area contributed by atoms with Crippen LogP contribution in [-0.2, 0) is 0 Å². The molecule has 1 N–H and O–H groups in total. The van der Waals surface area contributed by atoms with Crippen LogP contribution in [0.5, 0.6) is 0 Å². The molecule has 0 aliphatic rings. The van der Waals surface area contributed by atoms with Gasteiger partial charge in [0, 0.05) is 4.88 Å². The fourth-order valence-electron chi connectivity index (χ4n) is 2.56. The lowest BCUT2D eigenvalue weighted by Crippen LogP contribution is -2.22. The van der Waals surface area contributed by atoms with Gasteiger partial charge in [0.15, 0.2) is 0 Å². The van der Waals surface area contributed by atoms with E-state index in [0.717, 1.165) is 17.2 Å². The van der Waals surface area contributed by atoms with Crippen LogP contribution in [0.2, 0.25) is 0 Å². The van der Waals surface area contributed by atoms with Gasteiger partial charge in [-0.3, -0.25) is 0 Å². The van der Waals surface area contributed by atoms with Gasteiger partial charge in [-0.15, -0.1) is 11.3 Å². The largest absolute Gasteiger partial charge is 0.306 e. The topological polar surface area (TPSA) is 24.9 Å². The first-order valence-corrected chi connectivity index (χ1v) is 7.58. The zero-order valence-electron chi connectivity index (χ0n) is 12.4. The molecule has 0 spiro atoms. The Morgan fingerprint density at radius 2 is 1.74 bits per heavy atom. The lowest BCUT2D eigenvalue weighted by atomic mass is 9.99. The van der Waals surface area contributed by atoms with Gasteiger partial charge in [-0.05, 0) is 39.8 Å². The molecule has 1 aromatic heterocycles. The van der Waals surface area contributed by atoms with Crippen molar-refractivity contribution >= 4 is 11.3 Å². The van der Waals surface area contributed by atoms with Crippen molar-refractivity contribution in [2.24, 2.45) is 0 Å². The fourth-order valence-corrected chi connectivity index (χ4v) is 3.59. The number of rotatable bonds is 4. The normalized spacial score (nSPS) is 12.7. The Bertz CT molecular complexity index is 552. The maximum atomic E-state index is 4.56. The number of nitrogens with zero attached hydrogens (tertiary/aromatic N) is 1. The van der Waals surface area contributed by atoms with E-state index in [0.29, 0.717) is 0 Å². The standard InChI is InChI=1S/C16H22N2S/c1-6-17-15(16-12(4)18-13(5)19-16)14-8-10(2)7-11(3)9-14/h7-9,15,17H,6H2,1-5H3. The molecular formula is C16H22N2S. The molecule has 1 aromatic carbocycles. The van der Waals surface area contributed by atoms with Gasteiger partial charge in [0.1, 0.15) is 0 Å². The smallest absolute Gasteiger partial charge is 0.0900 e. The van der Waals surface area contributed by atoms with E-state index in [1.165, 1.54) is 21.6 Å². The minimum atomic E-state index is 0.259. The van der Waals surface area contributed by atoms with E-state index >= 15 is 0 Å². The van der Waals surface area contributed by atoms with Crippen LogP contribution < -0.4 is 5.32 Å². The number of thiazole rings is 1. The molecule has 19 heavy (non-hydrogen) atoms. The third kappa shape index (κ3) is 3.23. The molecule has 2 rings (SSSR count). The number of nitrogens with one attached hydrogen (secondary N) is 1. The van der Waals surface area contributed by atoms with Crippen LogP contribution in [0.15, 0.2) is 18.2 Å². The number of aryl methyl sites for hydroxylation is 4. The average molecular weight is 274 g/mol. The summed E-state index contributed by atoms with van der Waals surface area (Å²) in [6, 6.07) is 7.02. The highest BCUT2D eigenvalue weighted by molar-refractivity contribution is 7.11. The minimum Gasteiger partial charge on any atom is -0.306 e. The van der Waals surface area contributed by atoms with Crippen molar-refractivity contribution in [1.29, 1.82) is 0 Å². The summed E-state index contributed by atoms with van der Waals surface area (Å²) < 4.78 is 0. The Balaban J connectivity index is 2.47. The van der Waals surface area contributed by atoms with Crippen LogP contribution in [0.1, 0.15) is 45.2 Å². The molecule has 0 aliphatic carbocycles. The second-order valence-corrected chi connectivity index (χ2v) is 6.33. The second kappa shape index (κ2) is 5.85. The maximum Gasteiger partial charge on any atom is 0.0900 e. The molecule has 2 aromatic rings. The number of hydrogen-bond acceptors (Lipinski definition) is 3. The van der Waals surface area contributed by atoms with E-state index in [1.807, 2.05) is 0 Å². The van der Waals surface area contributed by atoms with E-state index in [1.54, 1.807) is 11.3 Å². The van der Waals surface area contributed by atoms with E-state index in [-0.39, 0.29) is 6.04 Å². The Kier molecular flexibility index (Phi) is 4.38. The van der Waals surface area contributed by atoms with Gasteiger partial charge in [0.25, 0.3) is 0 Å². The van der Waals surface area contributed by atoms with Crippen LogP contribution in [0, 0.1) is 27.7 Å². The molecule has 2 nitrogen and oxygen atoms in total. The van der Waals surface area contributed by atoms with E-state index in [2.05, 4.69) is 63.1 Å². The van der Waals surface area contributed by atoms with Gasteiger partial charge in [0.05, 0.1) is 16.7 Å². The van der Waals surface area contributed by atoms with Crippen molar-refractivity contribution in [2.45, 2.75) is 40.7 Å². The average Bonchev–Trinajstić information content (AvgIpc) is 2.64. The number of benzene rings is 1. The first-order valence-electron chi connectivity index (χ1n) is 6.76. The molecular weight excluding hydrogens is 252 g/mol. The van der Waals surface area contributed by atoms with E-state index in [4.69, 9.17) is 0 Å². The van der Waals surface area contributed by atoms with Gasteiger partial charge in [-0.1, -0.05) is 36.2 Å². The SMILES string of the molecule is CCNC(c1cc(C)cc(C)c1)c1sc(C)nc1C. The van der Waals surface area contributed by atoms with Gasteiger partial charge < -0.3 is 5.32 Å². The van der Waals surface area contributed by atoms with Crippen LogP contribution >= 0.6 is 11.3 Å². The van der Waals surface area contributed by atoms with Gasteiger partial charge >= 0.3 is 0 Å². The Labute approximate surface area is 119 Å². The summed E-state index contributed by atoms with van der Waals surface area (Å²) in [7, 11) is 0. The van der Waals surface area contributed by atoms with Crippen molar-refractivity contribution in [3.05, 3.63) is 50.5 Å². The predicted molar refractivity (Wildman–Crippen MR) is 83.0 cm³/mol. The molecule has 0 aliphatic heterocycles. The van der Waals surface area contributed by atoms with Crippen LogP contribution in [-0.4, -0.2) is 11.5 Å². The van der Waals surface area contributed by atoms with Gasteiger partial charge in [-0.2, -0.15) is 0 Å². The highest BCUT2D eigenvalue weighted by Gasteiger charge is 2.19.